The molecule has 0 aliphatic carbocycles. The van der Waals surface area contributed by atoms with Gasteiger partial charge in [0.05, 0.1) is 22.5 Å². The summed E-state index contributed by atoms with van der Waals surface area (Å²) in [5.74, 6) is 0.909. The molecule has 5 rings (SSSR count). The minimum Gasteiger partial charge on any atom is -0.507 e. The summed E-state index contributed by atoms with van der Waals surface area (Å²) in [5, 5.41) is 10.4. The second-order valence-corrected chi connectivity index (χ2v) is 9.30. The molecule has 0 fully saturated rings. The Kier molecular flexibility index (Phi) is 4.97. The Bertz CT molecular complexity index is 1460. The number of hydrogen-bond donors (Lipinski definition) is 1. The van der Waals surface area contributed by atoms with E-state index in [0.29, 0.717) is 11.4 Å². The summed E-state index contributed by atoms with van der Waals surface area (Å²) in [6, 6.07) is 21.7. The van der Waals surface area contributed by atoms with E-state index in [1.165, 1.54) is 5.56 Å². The van der Waals surface area contributed by atoms with Gasteiger partial charge in [-0.3, -0.25) is 9.97 Å². The number of aromatic nitrogens is 4. The number of aromatic hydroxyl groups is 1. The van der Waals surface area contributed by atoms with E-state index in [4.69, 9.17) is 9.97 Å². The summed E-state index contributed by atoms with van der Waals surface area (Å²) >= 11 is 0. The molecule has 0 spiro atoms. The summed E-state index contributed by atoms with van der Waals surface area (Å²) in [7, 11) is 1.96. The molecular weight excluding hydrogens is 408 g/mol. The number of rotatable bonds is 3. The van der Waals surface area contributed by atoms with Crippen LogP contribution < -0.4 is 0 Å². The van der Waals surface area contributed by atoms with Gasteiger partial charge in [0, 0.05) is 30.6 Å². The lowest BCUT2D eigenvalue weighted by Gasteiger charge is -2.21. The van der Waals surface area contributed by atoms with Gasteiger partial charge in [-0.2, -0.15) is 0 Å². The van der Waals surface area contributed by atoms with Crippen molar-refractivity contribution in [3.63, 3.8) is 0 Å². The van der Waals surface area contributed by atoms with Crippen molar-refractivity contribution in [1.82, 2.24) is 19.5 Å². The SMILES string of the molecule is Cn1c(-c2ccccc2O)nc2c(-c3cc(-c4ccccn4)cc(C(C)(C)C)c3)nccc21. The second-order valence-electron chi connectivity index (χ2n) is 9.30. The zero-order valence-corrected chi connectivity index (χ0v) is 19.2. The van der Waals surface area contributed by atoms with Crippen LogP contribution in [0.3, 0.4) is 0 Å². The number of phenolic OH excluding ortho intramolecular Hbond substituents is 1. The number of pyridine rings is 2. The van der Waals surface area contributed by atoms with Crippen molar-refractivity contribution in [1.29, 1.82) is 0 Å². The van der Waals surface area contributed by atoms with Crippen LogP contribution in [0.1, 0.15) is 26.3 Å². The van der Waals surface area contributed by atoms with Crippen molar-refractivity contribution in [3.8, 4) is 39.7 Å². The van der Waals surface area contributed by atoms with Gasteiger partial charge in [0.25, 0.3) is 0 Å². The van der Waals surface area contributed by atoms with Crippen LogP contribution in [0.4, 0.5) is 0 Å². The van der Waals surface area contributed by atoms with Crippen LogP contribution in [-0.2, 0) is 12.5 Å². The molecule has 1 N–H and O–H groups in total. The molecule has 0 saturated carbocycles. The Hall–Kier alpha value is -3.99. The highest BCUT2D eigenvalue weighted by Crippen LogP contribution is 2.36. The first-order valence-electron chi connectivity index (χ1n) is 11.0. The van der Waals surface area contributed by atoms with Gasteiger partial charge in [-0.25, -0.2) is 4.98 Å². The van der Waals surface area contributed by atoms with Gasteiger partial charge in [0.2, 0.25) is 0 Å². The maximum atomic E-state index is 10.4. The molecule has 3 heterocycles. The van der Waals surface area contributed by atoms with Crippen molar-refractivity contribution in [2.45, 2.75) is 26.2 Å². The summed E-state index contributed by atoms with van der Waals surface area (Å²) in [5.41, 5.74) is 7.40. The van der Waals surface area contributed by atoms with E-state index in [1.807, 2.05) is 66.5 Å². The Morgan fingerprint density at radius 2 is 1.58 bits per heavy atom. The van der Waals surface area contributed by atoms with Crippen molar-refractivity contribution in [3.05, 3.63) is 84.7 Å². The van der Waals surface area contributed by atoms with E-state index in [1.54, 1.807) is 6.07 Å². The maximum absolute atomic E-state index is 10.4. The Balaban J connectivity index is 1.76. The number of benzene rings is 2. The fourth-order valence-corrected chi connectivity index (χ4v) is 4.11. The van der Waals surface area contributed by atoms with Gasteiger partial charge in [0.15, 0.2) is 0 Å². The number of hydrogen-bond acceptors (Lipinski definition) is 4. The topological polar surface area (TPSA) is 63.8 Å². The first kappa shape index (κ1) is 20.9. The first-order chi connectivity index (χ1) is 15.8. The van der Waals surface area contributed by atoms with Gasteiger partial charge in [-0.15, -0.1) is 0 Å². The maximum Gasteiger partial charge on any atom is 0.144 e. The minimum absolute atomic E-state index is 0.0431. The van der Waals surface area contributed by atoms with Crippen molar-refractivity contribution < 1.29 is 5.11 Å². The Morgan fingerprint density at radius 1 is 0.818 bits per heavy atom. The lowest BCUT2D eigenvalue weighted by molar-refractivity contribution is 0.476. The first-order valence-corrected chi connectivity index (χ1v) is 11.0. The van der Waals surface area contributed by atoms with Crippen molar-refractivity contribution in [2.75, 3.05) is 0 Å². The molecule has 0 bridgehead atoms. The van der Waals surface area contributed by atoms with Crippen molar-refractivity contribution >= 4 is 11.0 Å². The molecule has 0 unspecified atom stereocenters. The fraction of sp³-hybridized carbons (Fsp3) is 0.179. The highest BCUT2D eigenvalue weighted by atomic mass is 16.3. The van der Waals surface area contributed by atoms with Crippen LogP contribution in [0.2, 0.25) is 0 Å². The second kappa shape index (κ2) is 7.85. The predicted octanol–water partition coefficient (Wildman–Crippen LogP) is 6.37. The quantitative estimate of drug-likeness (QED) is 0.358. The number of imidazole rings is 1. The Labute approximate surface area is 193 Å². The molecule has 0 amide bonds. The smallest absolute Gasteiger partial charge is 0.144 e. The van der Waals surface area contributed by atoms with E-state index in [2.05, 4.69) is 44.0 Å². The third-order valence-electron chi connectivity index (χ3n) is 5.98. The van der Waals surface area contributed by atoms with E-state index in [9.17, 15) is 5.11 Å². The lowest BCUT2D eigenvalue weighted by Crippen LogP contribution is -2.11. The van der Waals surface area contributed by atoms with Gasteiger partial charge >= 0.3 is 0 Å². The highest BCUT2D eigenvalue weighted by molar-refractivity contribution is 5.93. The molecule has 5 nitrogen and oxygen atoms in total. The van der Waals surface area contributed by atoms with Crippen LogP contribution in [0.15, 0.2) is 79.1 Å². The highest BCUT2D eigenvalue weighted by Gasteiger charge is 2.20. The third-order valence-corrected chi connectivity index (χ3v) is 5.98. The molecule has 0 radical (unpaired) electrons. The van der Waals surface area contributed by atoms with Gasteiger partial charge in [-0.05, 0) is 59.5 Å². The number of fused-ring (bicyclic) bond motifs is 1. The van der Waals surface area contributed by atoms with Gasteiger partial charge in [-0.1, -0.05) is 39.0 Å². The molecule has 0 aliphatic heterocycles. The molecular formula is C28H26N4O. The van der Waals surface area contributed by atoms with Crippen LogP contribution in [0.5, 0.6) is 5.75 Å². The minimum atomic E-state index is -0.0431. The summed E-state index contributed by atoms with van der Waals surface area (Å²) in [6.07, 6.45) is 3.63. The molecule has 0 saturated heterocycles. The summed E-state index contributed by atoms with van der Waals surface area (Å²) in [4.78, 5) is 14.3. The molecule has 5 aromatic rings. The summed E-state index contributed by atoms with van der Waals surface area (Å²) in [6.45, 7) is 6.62. The number of nitrogens with zero attached hydrogens (tertiary/aromatic N) is 4. The lowest BCUT2D eigenvalue weighted by atomic mass is 9.84. The molecule has 3 aromatic heterocycles. The summed E-state index contributed by atoms with van der Waals surface area (Å²) < 4.78 is 2.00. The predicted molar refractivity (Wildman–Crippen MR) is 133 cm³/mol. The Morgan fingerprint density at radius 3 is 2.30 bits per heavy atom. The number of aryl methyl sites for hydroxylation is 1. The zero-order valence-electron chi connectivity index (χ0n) is 19.2. The normalized spacial score (nSPS) is 11.8. The van der Waals surface area contributed by atoms with Gasteiger partial charge < -0.3 is 9.67 Å². The molecule has 0 atom stereocenters. The molecule has 0 aliphatic rings. The van der Waals surface area contributed by atoms with Crippen LogP contribution in [0, 0.1) is 0 Å². The van der Waals surface area contributed by atoms with Gasteiger partial charge in [0.1, 0.15) is 17.1 Å². The van der Waals surface area contributed by atoms with E-state index >= 15 is 0 Å². The number of para-hydroxylation sites is 1. The monoisotopic (exact) mass is 434 g/mol. The fourth-order valence-electron chi connectivity index (χ4n) is 4.11. The van der Waals surface area contributed by atoms with E-state index < -0.39 is 0 Å². The molecule has 5 heteroatoms. The van der Waals surface area contributed by atoms with Crippen LogP contribution in [-0.4, -0.2) is 24.6 Å². The average Bonchev–Trinajstić information content (AvgIpc) is 3.15. The molecule has 2 aromatic carbocycles. The largest absolute Gasteiger partial charge is 0.507 e. The van der Waals surface area contributed by atoms with E-state index in [0.717, 1.165) is 33.5 Å². The average molecular weight is 435 g/mol. The van der Waals surface area contributed by atoms with E-state index in [-0.39, 0.29) is 11.2 Å². The number of phenols is 1. The van der Waals surface area contributed by atoms with Crippen molar-refractivity contribution in [2.24, 2.45) is 7.05 Å². The molecule has 164 valence electrons. The van der Waals surface area contributed by atoms with Crippen LogP contribution >= 0.6 is 0 Å². The standard InChI is InChI=1S/C28H26N4O/c1-28(2,3)20-16-18(22-10-7-8-13-29-22)15-19(17-20)25-26-23(12-14-30-25)32(4)27(31-26)21-9-5-6-11-24(21)33/h5-17,33H,1-4H3. The third kappa shape index (κ3) is 3.76. The zero-order chi connectivity index (χ0) is 23.2. The van der Waals surface area contributed by atoms with Crippen LogP contribution in [0.25, 0.3) is 44.9 Å². The molecule has 33 heavy (non-hydrogen) atoms.